The summed E-state index contributed by atoms with van der Waals surface area (Å²) in [6, 6.07) is 13.7. The van der Waals surface area contributed by atoms with E-state index in [1.165, 1.54) is 46.5 Å². The Balaban J connectivity index is 1.27. The predicted molar refractivity (Wildman–Crippen MR) is 158 cm³/mol. The van der Waals surface area contributed by atoms with Crippen molar-refractivity contribution in [2.45, 2.75) is 13.3 Å². The summed E-state index contributed by atoms with van der Waals surface area (Å²) in [6.07, 6.45) is 2.64. The molecule has 2 aliphatic heterocycles. The van der Waals surface area contributed by atoms with Gasteiger partial charge in [-0.05, 0) is 54.8 Å². The van der Waals surface area contributed by atoms with Crippen LogP contribution in [0.4, 0.5) is 15.1 Å². The molecule has 1 unspecified atom stereocenters. The Morgan fingerprint density at radius 2 is 2.00 bits per heavy atom. The van der Waals surface area contributed by atoms with Crippen molar-refractivity contribution in [1.82, 2.24) is 19.2 Å². The third kappa shape index (κ3) is 5.38. The maximum absolute atomic E-state index is 14.9. The van der Waals surface area contributed by atoms with E-state index in [1.807, 2.05) is 12.1 Å². The monoisotopic (exact) mass is 577 g/mol. The number of benzene rings is 2. The number of hydrogen-bond acceptors (Lipinski definition) is 10. The minimum absolute atomic E-state index is 0.0578. The molecule has 0 saturated carbocycles. The number of ether oxygens (including phenoxy) is 1. The maximum Gasteiger partial charge on any atom is 0.266 e. The molecule has 2 aliphatic rings. The Hall–Kier alpha value is -3.63. The second-order valence-electron chi connectivity index (χ2n) is 9.94. The van der Waals surface area contributed by atoms with Gasteiger partial charge in [-0.25, -0.2) is 13.7 Å². The van der Waals surface area contributed by atoms with Gasteiger partial charge in [0.2, 0.25) is 0 Å². The molecular weight excluding hydrogens is 549 g/mol. The van der Waals surface area contributed by atoms with Crippen LogP contribution in [-0.4, -0.2) is 53.1 Å². The number of aromatic nitrogens is 2. The van der Waals surface area contributed by atoms with E-state index < -0.39 is 5.82 Å². The van der Waals surface area contributed by atoms with E-state index in [1.54, 1.807) is 18.2 Å². The molecular formula is C28H28FN7O2S2. The summed E-state index contributed by atoms with van der Waals surface area (Å²) in [4.78, 5) is 20.3. The molecule has 0 spiro atoms. The van der Waals surface area contributed by atoms with E-state index in [0.717, 1.165) is 55.7 Å². The van der Waals surface area contributed by atoms with Crippen molar-refractivity contribution in [1.29, 1.82) is 5.26 Å². The third-order valence-electron chi connectivity index (χ3n) is 7.09. The molecule has 0 radical (unpaired) electrons. The molecule has 0 bridgehead atoms. The summed E-state index contributed by atoms with van der Waals surface area (Å²) in [5.41, 5.74) is 0.769. The van der Waals surface area contributed by atoms with Crippen LogP contribution in [0.25, 0.3) is 15.9 Å². The number of hydrogen-bond donors (Lipinski definition) is 2. The highest BCUT2D eigenvalue weighted by Gasteiger charge is 2.22. The lowest BCUT2D eigenvalue weighted by atomic mass is 10.1. The van der Waals surface area contributed by atoms with Gasteiger partial charge < -0.3 is 19.7 Å². The van der Waals surface area contributed by atoms with Crippen LogP contribution >= 0.6 is 23.5 Å². The maximum atomic E-state index is 14.9. The number of piperazine rings is 1. The summed E-state index contributed by atoms with van der Waals surface area (Å²) in [5, 5.41) is 15.4. The highest BCUT2D eigenvalue weighted by atomic mass is 32.2. The van der Waals surface area contributed by atoms with Gasteiger partial charge in [0, 0.05) is 51.4 Å². The van der Waals surface area contributed by atoms with E-state index in [2.05, 4.69) is 37.2 Å². The lowest BCUT2D eigenvalue weighted by Crippen LogP contribution is -2.43. The van der Waals surface area contributed by atoms with Crippen molar-refractivity contribution in [2.75, 3.05) is 48.9 Å². The average Bonchev–Trinajstić information content (AvgIpc) is 3.63. The first-order chi connectivity index (χ1) is 19.5. The Labute approximate surface area is 239 Å². The first kappa shape index (κ1) is 26.6. The minimum atomic E-state index is -0.662. The Morgan fingerprint density at radius 3 is 2.77 bits per heavy atom. The zero-order valence-corrected chi connectivity index (χ0v) is 23.5. The number of fused-ring (bicyclic) bond motifs is 1. The van der Waals surface area contributed by atoms with Gasteiger partial charge in [-0.2, -0.15) is 5.26 Å². The van der Waals surface area contributed by atoms with Crippen LogP contribution in [0.1, 0.15) is 18.9 Å². The van der Waals surface area contributed by atoms with Crippen LogP contribution in [0.3, 0.4) is 0 Å². The van der Waals surface area contributed by atoms with Gasteiger partial charge in [0.05, 0.1) is 21.6 Å². The number of thiophene rings is 1. The van der Waals surface area contributed by atoms with Crippen molar-refractivity contribution >= 4 is 45.1 Å². The van der Waals surface area contributed by atoms with Crippen LogP contribution in [-0.2, 0) is 0 Å². The van der Waals surface area contributed by atoms with Gasteiger partial charge in [0.15, 0.2) is 11.6 Å². The van der Waals surface area contributed by atoms with E-state index in [-0.39, 0.29) is 22.6 Å². The first-order valence-corrected chi connectivity index (χ1v) is 14.7. The first-order valence-electron chi connectivity index (χ1n) is 13.2. The summed E-state index contributed by atoms with van der Waals surface area (Å²) in [7, 11) is 0. The number of nitrogens with zero attached hydrogens (tertiary/aromatic N) is 5. The standard InChI is InChI=1S/C28H28FN7O2S2/c1-18-8-11-35(16-18)40-33-24-5-3-22(29)27(21(24)15-30)38-19-2-4-23-20(14-19)28(37)36(17-32-23)26-7-6-25(39-26)34-12-9-31-10-13-34/h2-7,14,17-18,31,33H,8-13,16H2,1H3. The molecule has 2 aromatic heterocycles. The zero-order valence-electron chi connectivity index (χ0n) is 21.9. The highest BCUT2D eigenvalue weighted by Crippen LogP contribution is 2.36. The molecule has 206 valence electrons. The van der Waals surface area contributed by atoms with Crippen molar-refractivity contribution in [3.05, 3.63) is 70.5 Å². The van der Waals surface area contributed by atoms with Crippen molar-refractivity contribution in [3.8, 4) is 22.6 Å². The Kier molecular flexibility index (Phi) is 7.62. The van der Waals surface area contributed by atoms with Crippen LogP contribution in [0.15, 0.2) is 53.6 Å². The SMILES string of the molecule is CC1CCN(SNc2ccc(F)c(Oc3ccc4ncn(-c5ccc(N6CCNCC6)s5)c(=O)c4c3)c2C#N)C1. The normalized spacial score (nSPS) is 17.7. The second kappa shape index (κ2) is 11.5. The number of rotatable bonds is 7. The predicted octanol–water partition coefficient (Wildman–Crippen LogP) is 4.98. The zero-order chi connectivity index (χ0) is 27.6. The molecule has 0 aliphatic carbocycles. The van der Waals surface area contributed by atoms with Gasteiger partial charge >= 0.3 is 0 Å². The van der Waals surface area contributed by atoms with Crippen molar-refractivity contribution < 1.29 is 9.13 Å². The van der Waals surface area contributed by atoms with Gasteiger partial charge in [-0.3, -0.25) is 9.36 Å². The molecule has 2 fully saturated rings. The third-order valence-corrected chi connectivity index (χ3v) is 9.13. The smallest absolute Gasteiger partial charge is 0.266 e. The highest BCUT2D eigenvalue weighted by molar-refractivity contribution is 7.98. The summed E-state index contributed by atoms with van der Waals surface area (Å²) >= 11 is 2.94. The van der Waals surface area contributed by atoms with Gasteiger partial charge in [0.25, 0.3) is 5.56 Å². The van der Waals surface area contributed by atoms with Gasteiger partial charge in [-0.15, -0.1) is 11.3 Å². The molecule has 0 amide bonds. The average molecular weight is 578 g/mol. The summed E-state index contributed by atoms with van der Waals surface area (Å²) < 4.78 is 27.7. The van der Waals surface area contributed by atoms with E-state index in [9.17, 15) is 14.4 Å². The molecule has 1 atom stereocenters. The lowest BCUT2D eigenvalue weighted by Gasteiger charge is -2.27. The number of halogens is 1. The topological polar surface area (TPSA) is 98.4 Å². The Bertz CT molecular complexity index is 1640. The molecule has 6 rings (SSSR count). The van der Waals surface area contributed by atoms with Crippen LogP contribution in [0, 0.1) is 23.1 Å². The van der Waals surface area contributed by atoms with E-state index in [0.29, 0.717) is 22.5 Å². The molecule has 4 heterocycles. The quantitative estimate of drug-likeness (QED) is 0.295. The van der Waals surface area contributed by atoms with Crippen molar-refractivity contribution in [3.63, 3.8) is 0 Å². The Morgan fingerprint density at radius 1 is 1.18 bits per heavy atom. The molecule has 9 nitrogen and oxygen atoms in total. The molecule has 2 aromatic carbocycles. The number of nitriles is 1. The summed E-state index contributed by atoms with van der Waals surface area (Å²) in [5.74, 6) is -0.00156. The molecule has 2 N–H and O–H groups in total. The minimum Gasteiger partial charge on any atom is -0.453 e. The molecule has 12 heteroatoms. The van der Waals surface area contributed by atoms with Gasteiger partial charge in [0.1, 0.15) is 28.7 Å². The van der Waals surface area contributed by atoms with E-state index >= 15 is 0 Å². The summed E-state index contributed by atoms with van der Waals surface area (Å²) in [6.45, 7) is 7.77. The molecule has 40 heavy (non-hydrogen) atoms. The second-order valence-corrected chi connectivity index (χ2v) is 11.9. The fourth-order valence-electron chi connectivity index (χ4n) is 4.89. The van der Waals surface area contributed by atoms with Crippen molar-refractivity contribution in [2.24, 2.45) is 5.92 Å². The number of nitrogens with one attached hydrogen (secondary N) is 2. The van der Waals surface area contributed by atoms with Crippen LogP contribution < -0.4 is 25.2 Å². The van der Waals surface area contributed by atoms with Crippen LogP contribution in [0.2, 0.25) is 0 Å². The fourth-order valence-corrected chi connectivity index (χ4v) is 6.84. The largest absolute Gasteiger partial charge is 0.453 e. The molecule has 2 saturated heterocycles. The lowest BCUT2D eigenvalue weighted by molar-refractivity contribution is 0.441. The van der Waals surface area contributed by atoms with E-state index in [4.69, 9.17) is 4.74 Å². The number of anilines is 2. The van der Waals surface area contributed by atoms with Gasteiger partial charge in [-0.1, -0.05) is 6.92 Å². The molecule has 4 aromatic rings. The fraction of sp³-hybridized carbons (Fsp3) is 0.321. The van der Waals surface area contributed by atoms with Crippen LogP contribution in [0.5, 0.6) is 11.5 Å².